The minimum Gasteiger partial charge on any atom is -0.371 e. The number of rotatable bonds is 9. The van der Waals surface area contributed by atoms with Gasteiger partial charge in [0.15, 0.2) is 0 Å². The van der Waals surface area contributed by atoms with Crippen molar-refractivity contribution in [2.45, 2.75) is 70.5 Å². The van der Waals surface area contributed by atoms with Gasteiger partial charge in [0.1, 0.15) is 11.9 Å². The molecule has 6 amide bonds. The highest BCUT2D eigenvalue weighted by atomic mass is 16.2. The molecule has 306 valence electrons. The first-order valence-corrected chi connectivity index (χ1v) is 20.9. The van der Waals surface area contributed by atoms with E-state index in [1.54, 1.807) is 12.1 Å². The maximum Gasteiger partial charge on any atom is 0.264 e. The molecule has 6 heterocycles. The van der Waals surface area contributed by atoms with Crippen LogP contribution in [0.2, 0.25) is 0 Å². The minimum absolute atomic E-state index is 0.0695. The summed E-state index contributed by atoms with van der Waals surface area (Å²) in [6.45, 7) is 8.03. The molecule has 59 heavy (non-hydrogen) atoms. The number of imide groups is 2. The summed E-state index contributed by atoms with van der Waals surface area (Å²) in [5.74, 6) is -0.972. The summed E-state index contributed by atoms with van der Waals surface area (Å²) in [7, 11) is 0. The third-order valence-corrected chi connectivity index (χ3v) is 12.8. The highest BCUT2D eigenvalue weighted by molar-refractivity contribution is 6.25. The Bertz CT molecular complexity index is 2330. The summed E-state index contributed by atoms with van der Waals surface area (Å²) in [5.41, 5.74) is 5.27. The second-order valence-electron chi connectivity index (χ2n) is 16.5. The van der Waals surface area contributed by atoms with Gasteiger partial charge in [-0.1, -0.05) is 6.07 Å². The molecule has 0 radical (unpaired) electrons. The van der Waals surface area contributed by atoms with Gasteiger partial charge < -0.3 is 25.0 Å². The number of hydrogen-bond donors (Lipinski definition) is 3. The molecule has 0 aliphatic carbocycles. The number of piperidine rings is 2. The number of carbonyl (C=O) groups excluding carboxylic acids is 6. The Balaban J connectivity index is 0.738. The van der Waals surface area contributed by atoms with Crippen molar-refractivity contribution in [2.24, 2.45) is 5.92 Å². The van der Waals surface area contributed by atoms with Crippen LogP contribution in [0.25, 0.3) is 11.0 Å². The van der Waals surface area contributed by atoms with Gasteiger partial charge in [-0.2, -0.15) is 0 Å². The Morgan fingerprint density at radius 1 is 0.831 bits per heavy atom. The molecule has 4 aromatic rings. The van der Waals surface area contributed by atoms with Crippen molar-refractivity contribution in [3.05, 3.63) is 83.2 Å². The molecule has 1 aromatic heterocycles. The van der Waals surface area contributed by atoms with Crippen molar-refractivity contribution < 1.29 is 28.8 Å². The number of imidazole rings is 1. The number of fused-ring (bicyclic) bond motifs is 2. The maximum absolute atomic E-state index is 13.6. The first kappa shape index (κ1) is 38.4. The van der Waals surface area contributed by atoms with E-state index in [0.717, 1.165) is 53.4 Å². The molecule has 3 N–H and O–H groups in total. The summed E-state index contributed by atoms with van der Waals surface area (Å²) in [6.07, 6.45) is 4.61. The van der Waals surface area contributed by atoms with Gasteiger partial charge in [-0.25, -0.2) is 4.98 Å². The maximum atomic E-state index is 13.6. The van der Waals surface area contributed by atoms with Crippen molar-refractivity contribution in [3.63, 3.8) is 0 Å². The highest BCUT2D eigenvalue weighted by Gasteiger charge is 2.46. The second kappa shape index (κ2) is 15.9. The number of piperazine rings is 1. The zero-order valence-electron chi connectivity index (χ0n) is 33.2. The van der Waals surface area contributed by atoms with E-state index >= 15 is 0 Å². The first-order chi connectivity index (χ1) is 28.6. The number of carbonyl (C=O) groups is 6. The number of H-pyrrole nitrogens is 1. The summed E-state index contributed by atoms with van der Waals surface area (Å²) in [6, 6.07) is 18.1. The molecule has 15 nitrogen and oxygen atoms in total. The number of likely N-dealkylation sites (tertiary alicyclic amines) is 1. The molecule has 5 aliphatic rings. The van der Waals surface area contributed by atoms with Crippen LogP contribution in [0, 0.1) is 5.92 Å². The molecule has 4 fully saturated rings. The Morgan fingerprint density at radius 2 is 1.61 bits per heavy atom. The number of benzene rings is 3. The summed E-state index contributed by atoms with van der Waals surface area (Å²) in [4.78, 5) is 95.7. The molecule has 3 aromatic carbocycles. The van der Waals surface area contributed by atoms with E-state index < -0.39 is 29.7 Å². The van der Waals surface area contributed by atoms with Gasteiger partial charge in [0.25, 0.3) is 17.7 Å². The Kier molecular flexibility index (Phi) is 10.4. The lowest BCUT2D eigenvalue weighted by Crippen LogP contribution is -2.54. The zero-order chi connectivity index (χ0) is 40.8. The van der Waals surface area contributed by atoms with Gasteiger partial charge in [0, 0.05) is 75.1 Å². The molecule has 5 aliphatic heterocycles. The van der Waals surface area contributed by atoms with Gasteiger partial charge in [0.2, 0.25) is 17.7 Å². The predicted octanol–water partition coefficient (Wildman–Crippen LogP) is 4.16. The molecule has 1 unspecified atom stereocenters. The number of hydrogen-bond acceptors (Lipinski definition) is 10. The Morgan fingerprint density at radius 3 is 2.34 bits per heavy atom. The second-order valence-corrected chi connectivity index (χ2v) is 16.5. The van der Waals surface area contributed by atoms with Gasteiger partial charge in [-0.05, 0) is 106 Å². The molecule has 2 atom stereocenters. The lowest BCUT2D eigenvalue weighted by atomic mass is 9.92. The first-order valence-electron chi connectivity index (χ1n) is 20.9. The van der Waals surface area contributed by atoms with Gasteiger partial charge in [0.05, 0.1) is 34.4 Å². The standard InChI is InChI=1S/C44H49N9O6/c1-27-4-3-17-52(27)26-37-46-33-12-9-30(25-34(33)47-37)45-41(56)29-7-10-31(11-8-29)49-20-22-51(23-21-49)39(55)24-28-15-18-50(19-16-28)35-6-2-5-32-40(35)44(59)53(43(32)58)36-13-14-38(54)48-42(36)57/h2,5-12,25,27-28,36H,3-4,13-24,26H2,1H3,(H,45,56)(H,46,47)(H,48,54,57)/t27-,36?/m0/s1. The van der Waals surface area contributed by atoms with Crippen molar-refractivity contribution >= 4 is 63.5 Å². The third-order valence-electron chi connectivity index (χ3n) is 12.8. The van der Waals surface area contributed by atoms with Crippen molar-refractivity contribution in [1.82, 2.24) is 30.0 Å². The van der Waals surface area contributed by atoms with Crippen LogP contribution in [-0.4, -0.2) is 118 Å². The largest absolute Gasteiger partial charge is 0.371 e. The average molecular weight is 800 g/mol. The molecular weight excluding hydrogens is 751 g/mol. The number of aromatic amines is 1. The fraction of sp³-hybridized carbons (Fsp3) is 0.432. The van der Waals surface area contributed by atoms with E-state index in [4.69, 9.17) is 4.98 Å². The fourth-order valence-electron chi connectivity index (χ4n) is 9.39. The SMILES string of the molecule is C[C@H]1CCCN1Cc1nc2cc(NC(=O)c3ccc(N4CCN(C(=O)CC5CCN(c6cccc7c6C(=O)N(C6CCC(=O)NC6=O)C7=O)CC5)CC4)cc3)ccc2[nH]1. The Hall–Kier alpha value is -6.09. The van der Waals surface area contributed by atoms with Crippen LogP contribution >= 0.6 is 0 Å². The molecule has 9 rings (SSSR count). The van der Waals surface area contributed by atoms with Crippen LogP contribution in [0.1, 0.15) is 88.8 Å². The highest BCUT2D eigenvalue weighted by Crippen LogP contribution is 2.36. The molecular formula is C44H49N9O6. The van der Waals surface area contributed by atoms with Crippen LogP contribution in [0.15, 0.2) is 60.7 Å². The normalized spacial score (nSPS) is 21.7. The molecule has 0 bridgehead atoms. The summed E-state index contributed by atoms with van der Waals surface area (Å²) in [5, 5.41) is 5.26. The number of anilines is 3. The van der Waals surface area contributed by atoms with Crippen LogP contribution in [0.4, 0.5) is 17.1 Å². The van der Waals surface area contributed by atoms with E-state index in [1.165, 1.54) is 12.8 Å². The molecule has 15 heteroatoms. The van der Waals surface area contributed by atoms with Crippen LogP contribution in [0.5, 0.6) is 0 Å². The topological polar surface area (TPSA) is 171 Å². The Labute approximate surface area is 342 Å². The molecule has 4 saturated heterocycles. The van der Waals surface area contributed by atoms with Crippen molar-refractivity contribution in [1.29, 1.82) is 0 Å². The predicted molar refractivity (Wildman–Crippen MR) is 221 cm³/mol. The smallest absolute Gasteiger partial charge is 0.264 e. The number of amides is 6. The molecule has 0 spiro atoms. The summed E-state index contributed by atoms with van der Waals surface area (Å²) >= 11 is 0. The molecule has 0 saturated carbocycles. The quantitative estimate of drug-likeness (QED) is 0.209. The monoisotopic (exact) mass is 799 g/mol. The lowest BCUT2D eigenvalue weighted by molar-refractivity contribution is -0.136. The van der Waals surface area contributed by atoms with Crippen molar-refractivity contribution in [2.75, 3.05) is 60.9 Å². The van der Waals surface area contributed by atoms with Gasteiger partial charge in [-0.15, -0.1) is 0 Å². The van der Waals surface area contributed by atoms with Crippen molar-refractivity contribution in [3.8, 4) is 0 Å². The zero-order valence-corrected chi connectivity index (χ0v) is 33.2. The van der Waals surface area contributed by atoms with Gasteiger partial charge >= 0.3 is 0 Å². The van der Waals surface area contributed by atoms with E-state index in [1.807, 2.05) is 53.4 Å². The van der Waals surface area contributed by atoms with Gasteiger partial charge in [-0.3, -0.25) is 43.9 Å². The third kappa shape index (κ3) is 7.66. The minimum atomic E-state index is -1.01. The van der Waals surface area contributed by atoms with Crippen LogP contribution < -0.4 is 20.4 Å². The van der Waals surface area contributed by atoms with Crippen LogP contribution in [0.3, 0.4) is 0 Å². The van der Waals surface area contributed by atoms with E-state index in [-0.39, 0.29) is 36.1 Å². The number of aromatic nitrogens is 2. The van der Waals surface area contributed by atoms with E-state index in [2.05, 4.69) is 37.2 Å². The fourth-order valence-corrected chi connectivity index (χ4v) is 9.39. The number of nitrogens with zero attached hydrogens (tertiary/aromatic N) is 6. The van der Waals surface area contributed by atoms with E-state index in [9.17, 15) is 28.8 Å². The van der Waals surface area contributed by atoms with Crippen LogP contribution in [-0.2, 0) is 20.9 Å². The lowest BCUT2D eigenvalue weighted by Gasteiger charge is -2.38. The van der Waals surface area contributed by atoms with E-state index in [0.29, 0.717) is 74.2 Å². The average Bonchev–Trinajstić information content (AvgIpc) is 3.92. The summed E-state index contributed by atoms with van der Waals surface area (Å²) < 4.78 is 0. The number of nitrogens with one attached hydrogen (secondary N) is 3.